The Morgan fingerprint density at radius 1 is 1.07 bits per heavy atom. The average Bonchev–Trinajstić information content (AvgIpc) is 3.09. The minimum Gasteiger partial charge on any atom is -0.376 e. The zero-order valence-electron chi connectivity index (χ0n) is 18.2. The molecule has 0 aromatic rings. The number of carbonyl (C=O) groups is 1. The second kappa shape index (κ2) is 8.82. The summed E-state index contributed by atoms with van der Waals surface area (Å²) in [5.41, 5.74) is 0.925. The molecule has 1 N–H and O–H groups in total. The Kier molecular flexibility index (Phi) is 6.89. The first-order valence-electron chi connectivity index (χ1n) is 11.3. The smallest absolute Gasteiger partial charge is 0.220 e. The molecule has 1 saturated carbocycles. The van der Waals surface area contributed by atoms with Gasteiger partial charge in [0.15, 0.2) is 0 Å². The number of ether oxygens (including phenoxy) is 1. The molecule has 0 aromatic heterocycles. The van der Waals surface area contributed by atoms with E-state index in [4.69, 9.17) is 4.74 Å². The number of piperidine rings is 1. The van der Waals surface area contributed by atoms with E-state index in [1.165, 1.54) is 45.2 Å². The third-order valence-electron chi connectivity index (χ3n) is 7.03. The first-order valence-corrected chi connectivity index (χ1v) is 11.3. The Bertz CT molecular complexity index is 473. The van der Waals surface area contributed by atoms with Gasteiger partial charge in [-0.25, -0.2) is 0 Å². The van der Waals surface area contributed by atoms with Gasteiger partial charge in [0.1, 0.15) is 0 Å². The van der Waals surface area contributed by atoms with E-state index in [9.17, 15) is 4.79 Å². The SMILES string of the molecule is CC1(C)CC(N2CCC(CCC(=O)NC[C@@H]3CCCO3)CC2)CC(C)(C)C1. The van der Waals surface area contributed by atoms with Crippen molar-refractivity contribution in [2.75, 3.05) is 26.2 Å². The molecular weight excluding hydrogens is 336 g/mol. The maximum Gasteiger partial charge on any atom is 0.220 e. The lowest BCUT2D eigenvalue weighted by Gasteiger charge is -2.50. The second-order valence-electron chi connectivity index (χ2n) is 11.0. The van der Waals surface area contributed by atoms with E-state index in [0.29, 0.717) is 23.8 Å². The average molecular weight is 379 g/mol. The van der Waals surface area contributed by atoms with Gasteiger partial charge in [-0.2, -0.15) is 0 Å². The summed E-state index contributed by atoms with van der Waals surface area (Å²) in [6.45, 7) is 13.8. The van der Waals surface area contributed by atoms with Crippen LogP contribution < -0.4 is 5.32 Å². The summed E-state index contributed by atoms with van der Waals surface area (Å²) >= 11 is 0. The van der Waals surface area contributed by atoms with Crippen molar-refractivity contribution in [3.05, 3.63) is 0 Å². The highest BCUT2D eigenvalue weighted by molar-refractivity contribution is 5.75. The van der Waals surface area contributed by atoms with E-state index >= 15 is 0 Å². The maximum atomic E-state index is 12.1. The van der Waals surface area contributed by atoms with Crippen LogP contribution in [0, 0.1) is 16.7 Å². The Morgan fingerprint density at radius 3 is 2.33 bits per heavy atom. The highest BCUT2D eigenvalue weighted by Gasteiger charge is 2.41. The number of hydrogen-bond acceptors (Lipinski definition) is 3. The van der Waals surface area contributed by atoms with E-state index < -0.39 is 0 Å². The fourth-order valence-electron chi connectivity index (χ4n) is 6.11. The van der Waals surface area contributed by atoms with Crippen LogP contribution in [0.15, 0.2) is 0 Å². The molecule has 3 fully saturated rings. The number of rotatable bonds is 6. The lowest BCUT2D eigenvalue weighted by molar-refractivity contribution is -0.122. The van der Waals surface area contributed by atoms with Crippen LogP contribution in [0.5, 0.6) is 0 Å². The lowest BCUT2D eigenvalue weighted by atomic mass is 9.63. The minimum absolute atomic E-state index is 0.212. The standard InChI is InChI=1S/C23H42N2O2/c1-22(2)14-19(15-23(3,4)17-22)25-11-9-18(10-12-25)7-8-21(26)24-16-20-6-5-13-27-20/h18-20H,5-17H2,1-4H3,(H,24,26)/t20-/m0/s1. The molecule has 27 heavy (non-hydrogen) atoms. The lowest BCUT2D eigenvalue weighted by Crippen LogP contribution is -2.49. The van der Waals surface area contributed by atoms with E-state index in [1.807, 2.05) is 0 Å². The fraction of sp³-hybridized carbons (Fsp3) is 0.957. The molecule has 1 atom stereocenters. The van der Waals surface area contributed by atoms with Gasteiger partial charge in [-0.05, 0) is 81.2 Å². The Labute approximate surface area is 166 Å². The van der Waals surface area contributed by atoms with E-state index in [1.54, 1.807) is 0 Å². The third-order valence-corrected chi connectivity index (χ3v) is 7.03. The van der Waals surface area contributed by atoms with E-state index in [0.717, 1.165) is 37.8 Å². The van der Waals surface area contributed by atoms with Gasteiger partial charge in [0.2, 0.25) is 5.91 Å². The van der Waals surface area contributed by atoms with Crippen LogP contribution in [-0.4, -0.2) is 49.2 Å². The highest BCUT2D eigenvalue weighted by atomic mass is 16.5. The first kappa shape index (κ1) is 21.1. The van der Waals surface area contributed by atoms with Crippen LogP contribution in [0.25, 0.3) is 0 Å². The van der Waals surface area contributed by atoms with Crippen LogP contribution in [0.1, 0.15) is 85.5 Å². The quantitative estimate of drug-likeness (QED) is 0.746. The molecule has 3 rings (SSSR count). The molecule has 0 spiro atoms. The summed E-state index contributed by atoms with van der Waals surface area (Å²) in [5, 5.41) is 3.07. The minimum atomic E-state index is 0.212. The summed E-state index contributed by atoms with van der Waals surface area (Å²) in [4.78, 5) is 14.9. The van der Waals surface area contributed by atoms with Gasteiger partial charge in [-0.3, -0.25) is 4.79 Å². The van der Waals surface area contributed by atoms with Crippen LogP contribution in [0.3, 0.4) is 0 Å². The molecule has 1 aliphatic carbocycles. The van der Waals surface area contributed by atoms with Crippen LogP contribution in [-0.2, 0) is 9.53 Å². The summed E-state index contributed by atoms with van der Waals surface area (Å²) in [6.07, 6.45) is 10.7. The van der Waals surface area contributed by atoms with Crippen molar-refractivity contribution in [1.82, 2.24) is 10.2 Å². The van der Waals surface area contributed by atoms with Crippen LogP contribution >= 0.6 is 0 Å². The molecule has 2 aliphatic heterocycles. The summed E-state index contributed by atoms with van der Waals surface area (Å²) in [7, 11) is 0. The van der Waals surface area contributed by atoms with Gasteiger partial charge >= 0.3 is 0 Å². The molecule has 4 heteroatoms. The number of likely N-dealkylation sites (tertiary alicyclic amines) is 1. The number of nitrogens with one attached hydrogen (secondary N) is 1. The number of nitrogens with zero attached hydrogens (tertiary/aromatic N) is 1. The van der Waals surface area contributed by atoms with Crippen molar-refractivity contribution < 1.29 is 9.53 Å². The van der Waals surface area contributed by atoms with Crippen LogP contribution in [0.4, 0.5) is 0 Å². The highest BCUT2D eigenvalue weighted by Crippen LogP contribution is 2.47. The molecule has 0 radical (unpaired) electrons. The van der Waals surface area contributed by atoms with E-state index in [2.05, 4.69) is 37.9 Å². The normalized spacial score (nSPS) is 29.7. The Balaban J connectivity index is 1.35. The Morgan fingerprint density at radius 2 is 1.74 bits per heavy atom. The number of carbonyl (C=O) groups excluding carboxylic acids is 1. The molecule has 2 heterocycles. The molecular formula is C23H42N2O2. The topological polar surface area (TPSA) is 41.6 Å². The maximum absolute atomic E-state index is 12.1. The van der Waals surface area contributed by atoms with Crippen molar-refractivity contribution in [1.29, 1.82) is 0 Å². The number of amides is 1. The molecule has 1 amide bonds. The molecule has 0 bridgehead atoms. The predicted molar refractivity (Wildman–Crippen MR) is 111 cm³/mol. The molecule has 3 aliphatic rings. The van der Waals surface area contributed by atoms with Gasteiger partial charge in [0, 0.05) is 25.6 Å². The molecule has 0 aromatic carbocycles. The Hall–Kier alpha value is -0.610. The van der Waals surface area contributed by atoms with Gasteiger partial charge in [0.25, 0.3) is 0 Å². The summed E-state index contributed by atoms with van der Waals surface area (Å²) in [5.74, 6) is 0.933. The van der Waals surface area contributed by atoms with Crippen molar-refractivity contribution in [3.63, 3.8) is 0 Å². The van der Waals surface area contributed by atoms with Crippen molar-refractivity contribution in [2.45, 2.75) is 97.6 Å². The number of hydrogen-bond donors (Lipinski definition) is 1. The van der Waals surface area contributed by atoms with Gasteiger partial charge < -0.3 is 15.0 Å². The monoisotopic (exact) mass is 378 g/mol. The second-order valence-corrected chi connectivity index (χ2v) is 11.0. The van der Waals surface area contributed by atoms with Crippen molar-refractivity contribution in [3.8, 4) is 0 Å². The van der Waals surface area contributed by atoms with E-state index in [-0.39, 0.29) is 12.0 Å². The molecule has 0 unspecified atom stereocenters. The predicted octanol–water partition coefficient (Wildman–Crippen LogP) is 4.38. The molecule has 4 nitrogen and oxygen atoms in total. The summed E-state index contributed by atoms with van der Waals surface area (Å²) < 4.78 is 5.58. The van der Waals surface area contributed by atoms with Gasteiger partial charge in [-0.15, -0.1) is 0 Å². The summed E-state index contributed by atoms with van der Waals surface area (Å²) in [6, 6.07) is 0.749. The largest absolute Gasteiger partial charge is 0.376 e. The zero-order chi connectivity index (χ0) is 19.5. The van der Waals surface area contributed by atoms with Crippen molar-refractivity contribution in [2.24, 2.45) is 16.7 Å². The first-order chi connectivity index (χ1) is 12.7. The van der Waals surface area contributed by atoms with Crippen molar-refractivity contribution >= 4 is 5.91 Å². The van der Waals surface area contributed by atoms with Gasteiger partial charge in [0.05, 0.1) is 6.10 Å². The molecule has 156 valence electrons. The zero-order valence-corrected chi connectivity index (χ0v) is 18.2. The molecule has 2 saturated heterocycles. The van der Waals surface area contributed by atoms with Crippen LogP contribution in [0.2, 0.25) is 0 Å². The van der Waals surface area contributed by atoms with Gasteiger partial charge in [-0.1, -0.05) is 27.7 Å². The third kappa shape index (κ3) is 6.45. The fourth-order valence-corrected chi connectivity index (χ4v) is 6.11.